The molecule has 142 valence electrons. The van der Waals surface area contributed by atoms with E-state index in [0.29, 0.717) is 37.4 Å². The number of ketones is 1. The fourth-order valence-electron chi connectivity index (χ4n) is 3.27. The van der Waals surface area contributed by atoms with Gasteiger partial charge >= 0.3 is 0 Å². The zero-order chi connectivity index (χ0) is 19.4. The molecule has 0 bridgehead atoms. The van der Waals surface area contributed by atoms with Crippen molar-refractivity contribution in [2.75, 3.05) is 36.4 Å². The lowest BCUT2D eigenvalue weighted by atomic mass is 10.1. The van der Waals surface area contributed by atoms with E-state index in [-0.39, 0.29) is 23.5 Å². The predicted octanol–water partition coefficient (Wildman–Crippen LogP) is 3.18. The van der Waals surface area contributed by atoms with Crippen molar-refractivity contribution < 1.29 is 14.0 Å². The van der Waals surface area contributed by atoms with Crippen LogP contribution in [-0.2, 0) is 4.79 Å². The molecule has 1 fully saturated rings. The molecule has 1 saturated heterocycles. The van der Waals surface area contributed by atoms with Crippen LogP contribution in [0.25, 0.3) is 0 Å². The molecule has 0 aromatic heterocycles. The van der Waals surface area contributed by atoms with Crippen LogP contribution in [0, 0.1) is 5.82 Å². The Morgan fingerprint density at radius 3 is 2.30 bits per heavy atom. The Kier molecular flexibility index (Phi) is 5.86. The van der Waals surface area contributed by atoms with Crippen LogP contribution in [0.5, 0.6) is 0 Å². The second-order valence-corrected chi connectivity index (χ2v) is 6.78. The molecule has 5 nitrogen and oxygen atoms in total. The number of Topliss-reactive ketones (excluding diaryl/α,β-unsaturated/α-hetero) is 1. The highest BCUT2D eigenvalue weighted by Crippen LogP contribution is 2.23. The number of hydrogen-bond acceptors (Lipinski definition) is 4. The number of hydrogen-bond donors (Lipinski definition) is 1. The second kappa shape index (κ2) is 8.31. The third-order valence-corrected chi connectivity index (χ3v) is 4.98. The first-order valence-corrected chi connectivity index (χ1v) is 9.11. The minimum Gasteiger partial charge on any atom is -0.367 e. The molecular weight excluding hydrogens is 345 g/mol. The van der Waals surface area contributed by atoms with Crippen LogP contribution in [0.4, 0.5) is 15.8 Å². The summed E-state index contributed by atoms with van der Waals surface area (Å²) in [5, 5.41) is 2.92. The first-order valence-electron chi connectivity index (χ1n) is 9.11. The average Bonchev–Trinajstić information content (AvgIpc) is 2.68. The van der Waals surface area contributed by atoms with Gasteiger partial charge in [-0.25, -0.2) is 4.39 Å². The van der Waals surface area contributed by atoms with E-state index >= 15 is 0 Å². The van der Waals surface area contributed by atoms with Crippen LogP contribution in [0.15, 0.2) is 48.5 Å². The maximum absolute atomic E-state index is 14.3. The van der Waals surface area contributed by atoms with Crippen molar-refractivity contribution in [3.63, 3.8) is 0 Å². The maximum atomic E-state index is 14.3. The molecule has 2 aromatic carbocycles. The van der Waals surface area contributed by atoms with Crippen LogP contribution in [0.2, 0.25) is 0 Å². The van der Waals surface area contributed by atoms with Crippen molar-refractivity contribution in [1.82, 2.24) is 4.90 Å². The Labute approximate surface area is 158 Å². The molecule has 1 aliphatic rings. The minimum atomic E-state index is -0.383. The molecule has 0 radical (unpaired) electrons. The summed E-state index contributed by atoms with van der Waals surface area (Å²) in [5.41, 5.74) is 1.66. The van der Waals surface area contributed by atoms with Gasteiger partial charge in [0, 0.05) is 37.4 Å². The highest BCUT2D eigenvalue weighted by atomic mass is 19.1. The van der Waals surface area contributed by atoms with Gasteiger partial charge in [0.25, 0.3) is 0 Å². The highest BCUT2D eigenvalue weighted by molar-refractivity contribution is 5.95. The van der Waals surface area contributed by atoms with Gasteiger partial charge < -0.3 is 10.2 Å². The van der Waals surface area contributed by atoms with E-state index in [9.17, 15) is 14.0 Å². The zero-order valence-corrected chi connectivity index (χ0v) is 15.6. The van der Waals surface area contributed by atoms with Crippen molar-refractivity contribution in [2.24, 2.45) is 0 Å². The lowest BCUT2D eigenvalue weighted by molar-refractivity contribution is -0.120. The monoisotopic (exact) mass is 369 g/mol. The molecule has 1 amide bonds. The van der Waals surface area contributed by atoms with E-state index in [1.165, 1.54) is 13.0 Å². The molecule has 3 rings (SSSR count). The first-order chi connectivity index (χ1) is 13.0. The SMILES string of the molecule is CC(=O)c1ccc(N2CCN([C@@H](C)C(=O)Nc3ccccc3)CC2)c(F)c1. The second-order valence-electron chi connectivity index (χ2n) is 6.78. The van der Waals surface area contributed by atoms with Gasteiger partial charge in [0.15, 0.2) is 5.78 Å². The topological polar surface area (TPSA) is 52.7 Å². The van der Waals surface area contributed by atoms with Gasteiger partial charge in [0.05, 0.1) is 11.7 Å². The lowest BCUT2D eigenvalue weighted by Crippen LogP contribution is -2.53. The molecule has 6 heteroatoms. The number of para-hydroxylation sites is 1. The van der Waals surface area contributed by atoms with Gasteiger partial charge in [-0.1, -0.05) is 18.2 Å². The number of halogens is 1. The molecule has 2 aromatic rings. The van der Waals surface area contributed by atoms with Gasteiger partial charge in [-0.2, -0.15) is 0 Å². The normalized spacial score (nSPS) is 16.0. The molecule has 1 heterocycles. The summed E-state index contributed by atoms with van der Waals surface area (Å²) in [7, 11) is 0. The van der Waals surface area contributed by atoms with E-state index in [4.69, 9.17) is 0 Å². The molecular formula is C21H24FN3O2. The largest absolute Gasteiger partial charge is 0.367 e. The van der Waals surface area contributed by atoms with E-state index in [0.717, 1.165) is 5.69 Å². The van der Waals surface area contributed by atoms with Crippen LogP contribution in [0.3, 0.4) is 0 Å². The lowest BCUT2D eigenvalue weighted by Gasteiger charge is -2.38. The smallest absolute Gasteiger partial charge is 0.241 e. The Bertz CT molecular complexity index is 817. The summed E-state index contributed by atoms with van der Waals surface area (Å²) < 4.78 is 14.3. The van der Waals surface area contributed by atoms with E-state index in [1.54, 1.807) is 12.1 Å². The van der Waals surface area contributed by atoms with Crippen LogP contribution >= 0.6 is 0 Å². The standard InChI is InChI=1S/C21H24FN3O2/c1-15(21(27)23-18-6-4-3-5-7-18)24-10-12-25(13-11-24)20-9-8-17(16(2)26)14-19(20)22/h3-9,14-15H,10-13H2,1-2H3,(H,23,27)/t15-/m0/s1. The molecule has 1 aliphatic heterocycles. The van der Waals surface area contributed by atoms with Crippen LogP contribution < -0.4 is 10.2 Å². The number of amides is 1. The average molecular weight is 369 g/mol. The Hall–Kier alpha value is -2.73. The Morgan fingerprint density at radius 2 is 1.70 bits per heavy atom. The number of carbonyl (C=O) groups is 2. The number of anilines is 2. The zero-order valence-electron chi connectivity index (χ0n) is 15.6. The van der Waals surface area contributed by atoms with Gasteiger partial charge in [-0.15, -0.1) is 0 Å². The summed E-state index contributed by atoms with van der Waals surface area (Å²) >= 11 is 0. The van der Waals surface area contributed by atoms with E-state index in [1.807, 2.05) is 42.2 Å². The van der Waals surface area contributed by atoms with Crippen molar-refractivity contribution in [3.8, 4) is 0 Å². The molecule has 0 unspecified atom stereocenters. The van der Waals surface area contributed by atoms with E-state index < -0.39 is 0 Å². The summed E-state index contributed by atoms with van der Waals surface area (Å²) in [5.74, 6) is -0.582. The Morgan fingerprint density at radius 1 is 1.04 bits per heavy atom. The van der Waals surface area contributed by atoms with Gasteiger partial charge in [-0.05, 0) is 44.2 Å². The number of benzene rings is 2. The molecule has 0 aliphatic carbocycles. The third kappa shape index (κ3) is 4.52. The fourth-order valence-corrected chi connectivity index (χ4v) is 3.27. The van der Waals surface area contributed by atoms with Gasteiger partial charge in [0.1, 0.15) is 5.82 Å². The maximum Gasteiger partial charge on any atom is 0.241 e. The molecule has 0 spiro atoms. The molecule has 0 saturated carbocycles. The minimum absolute atomic E-state index is 0.0494. The first kappa shape index (κ1) is 19.0. The number of nitrogens with zero attached hydrogens (tertiary/aromatic N) is 2. The van der Waals surface area contributed by atoms with Gasteiger partial charge in [0.2, 0.25) is 5.91 Å². The molecule has 27 heavy (non-hydrogen) atoms. The molecule has 1 N–H and O–H groups in total. The number of piperazine rings is 1. The van der Waals surface area contributed by atoms with Crippen LogP contribution in [0.1, 0.15) is 24.2 Å². The Balaban J connectivity index is 1.58. The predicted molar refractivity (Wildman–Crippen MR) is 105 cm³/mol. The quantitative estimate of drug-likeness (QED) is 0.823. The number of nitrogens with one attached hydrogen (secondary N) is 1. The third-order valence-electron chi connectivity index (χ3n) is 4.98. The van der Waals surface area contributed by atoms with Crippen molar-refractivity contribution >= 4 is 23.1 Å². The van der Waals surface area contributed by atoms with Crippen molar-refractivity contribution in [2.45, 2.75) is 19.9 Å². The molecule has 1 atom stereocenters. The van der Waals surface area contributed by atoms with Crippen LogP contribution in [-0.4, -0.2) is 48.8 Å². The van der Waals surface area contributed by atoms with Gasteiger partial charge in [-0.3, -0.25) is 14.5 Å². The number of carbonyl (C=O) groups excluding carboxylic acids is 2. The summed E-state index contributed by atoms with van der Waals surface area (Å²) in [6.45, 7) is 5.89. The summed E-state index contributed by atoms with van der Waals surface area (Å²) in [6.07, 6.45) is 0. The summed E-state index contributed by atoms with van der Waals surface area (Å²) in [4.78, 5) is 27.9. The summed E-state index contributed by atoms with van der Waals surface area (Å²) in [6, 6.07) is 13.7. The van der Waals surface area contributed by atoms with E-state index in [2.05, 4.69) is 10.2 Å². The number of rotatable bonds is 5. The van der Waals surface area contributed by atoms with Crippen molar-refractivity contribution in [3.05, 3.63) is 59.9 Å². The van der Waals surface area contributed by atoms with Crippen molar-refractivity contribution in [1.29, 1.82) is 0 Å². The fraction of sp³-hybridized carbons (Fsp3) is 0.333. The highest BCUT2D eigenvalue weighted by Gasteiger charge is 2.26.